The van der Waals surface area contributed by atoms with Gasteiger partial charge in [0, 0.05) is 11.2 Å². The van der Waals surface area contributed by atoms with E-state index in [1.54, 1.807) is 18.2 Å². The van der Waals surface area contributed by atoms with Crippen LogP contribution in [0.15, 0.2) is 24.3 Å². The van der Waals surface area contributed by atoms with Crippen LogP contribution in [-0.4, -0.2) is 27.7 Å². The normalized spacial score (nSPS) is 14.3. The smallest absolute Gasteiger partial charge is 0.303 e. The fourth-order valence-electron chi connectivity index (χ4n) is 1.54. The molecule has 0 aromatic heterocycles. The second-order valence-electron chi connectivity index (χ2n) is 4.12. The molecule has 0 spiro atoms. The Balaban J connectivity index is 3.18. The molecule has 1 aromatic carbocycles. The standard InChI is InChI=1S/C11H17F2NSi/c1-9(14(2)3)10-7-5-6-8-11(10)15(4,12)13/h5-9H,1-4H3. The lowest BCUT2D eigenvalue weighted by Gasteiger charge is -2.24. The molecule has 0 aliphatic rings. The lowest BCUT2D eigenvalue weighted by molar-refractivity contribution is 0.322. The maximum Gasteiger partial charge on any atom is 0.452 e. The van der Waals surface area contributed by atoms with Gasteiger partial charge in [0.15, 0.2) is 0 Å². The number of benzene rings is 1. The molecule has 1 rings (SSSR count). The summed E-state index contributed by atoms with van der Waals surface area (Å²) in [6.07, 6.45) is 0. The Bertz CT molecular complexity index is 334. The molecule has 0 fully saturated rings. The van der Waals surface area contributed by atoms with Crippen molar-refractivity contribution in [2.24, 2.45) is 0 Å². The first-order valence-electron chi connectivity index (χ1n) is 4.97. The van der Waals surface area contributed by atoms with E-state index in [-0.39, 0.29) is 11.2 Å². The van der Waals surface area contributed by atoms with Gasteiger partial charge in [0.05, 0.1) is 0 Å². The van der Waals surface area contributed by atoms with Crippen molar-refractivity contribution in [1.82, 2.24) is 4.90 Å². The molecule has 0 aliphatic heterocycles. The zero-order chi connectivity index (χ0) is 11.6. The third-order valence-electron chi connectivity index (χ3n) is 2.66. The van der Waals surface area contributed by atoms with E-state index in [0.29, 0.717) is 0 Å². The topological polar surface area (TPSA) is 3.24 Å². The average Bonchev–Trinajstić information content (AvgIpc) is 2.15. The summed E-state index contributed by atoms with van der Waals surface area (Å²) in [7, 11) is -0.414. The molecule has 0 N–H and O–H groups in total. The van der Waals surface area contributed by atoms with Gasteiger partial charge in [0.25, 0.3) is 0 Å². The predicted molar refractivity (Wildman–Crippen MR) is 62.0 cm³/mol. The van der Waals surface area contributed by atoms with Crippen molar-refractivity contribution in [3.05, 3.63) is 29.8 Å². The minimum Gasteiger partial charge on any atom is -0.303 e. The molecule has 0 radical (unpaired) electrons. The van der Waals surface area contributed by atoms with Gasteiger partial charge in [-0.05, 0) is 33.1 Å². The van der Waals surface area contributed by atoms with Gasteiger partial charge in [0.1, 0.15) is 0 Å². The highest BCUT2D eigenvalue weighted by Gasteiger charge is 2.34. The van der Waals surface area contributed by atoms with Crippen LogP contribution >= 0.6 is 0 Å². The van der Waals surface area contributed by atoms with Crippen molar-refractivity contribution >= 4 is 13.9 Å². The Morgan fingerprint density at radius 2 is 1.73 bits per heavy atom. The van der Waals surface area contributed by atoms with Crippen molar-refractivity contribution < 1.29 is 8.22 Å². The maximum atomic E-state index is 13.5. The summed E-state index contributed by atoms with van der Waals surface area (Å²) in [6, 6.07) is 6.89. The first-order chi connectivity index (χ1) is 6.84. The SMILES string of the molecule is CC(c1ccccc1[Si](C)(F)F)N(C)C. The first kappa shape index (κ1) is 12.3. The fourth-order valence-corrected chi connectivity index (χ4v) is 2.73. The van der Waals surface area contributed by atoms with Crippen molar-refractivity contribution in [1.29, 1.82) is 0 Å². The second kappa shape index (κ2) is 4.41. The van der Waals surface area contributed by atoms with Crippen LogP contribution in [0.3, 0.4) is 0 Å². The third-order valence-corrected chi connectivity index (χ3v) is 4.06. The highest BCUT2D eigenvalue weighted by atomic mass is 28.4. The summed E-state index contributed by atoms with van der Waals surface area (Å²) in [5.74, 6) is 0. The van der Waals surface area contributed by atoms with Crippen molar-refractivity contribution in [3.8, 4) is 0 Å². The van der Waals surface area contributed by atoms with Gasteiger partial charge in [-0.3, -0.25) is 8.22 Å². The van der Waals surface area contributed by atoms with Crippen LogP contribution in [0.2, 0.25) is 6.55 Å². The van der Waals surface area contributed by atoms with Gasteiger partial charge in [-0.2, -0.15) is 0 Å². The Morgan fingerprint density at radius 3 is 2.20 bits per heavy atom. The van der Waals surface area contributed by atoms with Crippen molar-refractivity contribution in [2.75, 3.05) is 14.1 Å². The zero-order valence-corrected chi connectivity index (χ0v) is 10.6. The molecular weight excluding hydrogens is 212 g/mol. The molecule has 1 atom stereocenters. The van der Waals surface area contributed by atoms with Gasteiger partial charge in [-0.25, -0.2) is 0 Å². The van der Waals surface area contributed by atoms with Crippen LogP contribution < -0.4 is 5.19 Å². The van der Waals surface area contributed by atoms with Crippen molar-refractivity contribution in [2.45, 2.75) is 19.5 Å². The maximum absolute atomic E-state index is 13.5. The van der Waals surface area contributed by atoms with Crippen molar-refractivity contribution in [3.63, 3.8) is 0 Å². The molecular formula is C11H17F2NSi. The molecule has 0 saturated carbocycles. The molecule has 0 aliphatic carbocycles. The molecule has 0 bridgehead atoms. The molecule has 0 amide bonds. The van der Waals surface area contributed by atoms with Gasteiger partial charge >= 0.3 is 8.74 Å². The van der Waals surface area contributed by atoms with E-state index in [1.165, 1.54) is 0 Å². The third kappa shape index (κ3) is 2.86. The van der Waals surface area contributed by atoms with E-state index < -0.39 is 8.74 Å². The average molecular weight is 229 g/mol. The van der Waals surface area contributed by atoms with Gasteiger partial charge in [-0.15, -0.1) is 0 Å². The van der Waals surface area contributed by atoms with E-state index in [0.717, 1.165) is 12.1 Å². The summed E-state index contributed by atoms with van der Waals surface area (Å²) in [6.45, 7) is 3.02. The number of halogens is 2. The monoisotopic (exact) mass is 229 g/mol. The van der Waals surface area contributed by atoms with E-state index >= 15 is 0 Å². The Morgan fingerprint density at radius 1 is 1.20 bits per heavy atom. The minimum absolute atomic E-state index is 0.0273. The predicted octanol–water partition coefficient (Wildman–Crippen LogP) is 2.53. The van der Waals surface area contributed by atoms with E-state index in [1.807, 2.05) is 32.0 Å². The van der Waals surface area contributed by atoms with Crippen LogP contribution in [0.5, 0.6) is 0 Å². The fraction of sp³-hybridized carbons (Fsp3) is 0.455. The molecule has 0 heterocycles. The van der Waals surface area contributed by atoms with Gasteiger partial charge < -0.3 is 4.90 Å². The number of hydrogen-bond acceptors (Lipinski definition) is 1. The molecule has 4 heteroatoms. The molecule has 84 valence electrons. The molecule has 0 saturated heterocycles. The highest BCUT2D eigenvalue weighted by molar-refractivity contribution is 6.79. The Labute approximate surface area is 91.1 Å². The molecule has 1 aromatic rings. The Kier molecular flexibility index (Phi) is 3.62. The summed E-state index contributed by atoms with van der Waals surface area (Å²) in [5.41, 5.74) is 0.752. The Hall–Kier alpha value is -0.743. The summed E-state index contributed by atoms with van der Waals surface area (Å²) >= 11 is 0. The lowest BCUT2D eigenvalue weighted by atomic mass is 10.1. The van der Waals surface area contributed by atoms with Crippen LogP contribution in [0.4, 0.5) is 8.22 Å². The number of rotatable bonds is 3. The number of nitrogens with zero attached hydrogens (tertiary/aromatic N) is 1. The lowest BCUT2D eigenvalue weighted by Crippen LogP contribution is -2.40. The highest BCUT2D eigenvalue weighted by Crippen LogP contribution is 2.19. The molecule has 1 nitrogen and oxygen atoms in total. The summed E-state index contributed by atoms with van der Waals surface area (Å²) in [5, 5.41) is 0.256. The summed E-state index contributed by atoms with van der Waals surface area (Å²) in [4.78, 5) is 1.94. The van der Waals surface area contributed by atoms with Crippen LogP contribution in [0.1, 0.15) is 18.5 Å². The van der Waals surface area contributed by atoms with E-state index in [9.17, 15) is 8.22 Å². The molecule has 15 heavy (non-hydrogen) atoms. The molecule has 1 unspecified atom stereocenters. The van der Waals surface area contributed by atoms with Crippen LogP contribution in [-0.2, 0) is 0 Å². The summed E-state index contributed by atoms with van der Waals surface area (Å²) < 4.78 is 26.9. The zero-order valence-electron chi connectivity index (χ0n) is 9.59. The van der Waals surface area contributed by atoms with E-state index in [2.05, 4.69) is 0 Å². The van der Waals surface area contributed by atoms with Crippen LogP contribution in [0.25, 0.3) is 0 Å². The first-order valence-corrected chi connectivity index (χ1v) is 7.23. The van der Waals surface area contributed by atoms with Gasteiger partial charge in [-0.1, -0.05) is 24.3 Å². The quantitative estimate of drug-likeness (QED) is 0.568. The van der Waals surface area contributed by atoms with E-state index in [4.69, 9.17) is 0 Å². The largest absolute Gasteiger partial charge is 0.452 e. The minimum atomic E-state index is -4.21. The number of hydrogen-bond donors (Lipinski definition) is 0. The van der Waals surface area contributed by atoms with Gasteiger partial charge in [0.2, 0.25) is 0 Å². The van der Waals surface area contributed by atoms with Crippen LogP contribution in [0, 0.1) is 0 Å². The second-order valence-corrected chi connectivity index (χ2v) is 6.43.